The minimum absolute atomic E-state index is 0.229. The van der Waals surface area contributed by atoms with Gasteiger partial charge in [-0.25, -0.2) is 0 Å². The van der Waals surface area contributed by atoms with E-state index in [1.165, 1.54) is 0 Å². The highest BCUT2D eigenvalue weighted by atomic mass is 16.3. The second-order valence-corrected chi connectivity index (χ2v) is 6.95. The van der Waals surface area contributed by atoms with E-state index in [1.54, 1.807) is 0 Å². The Balaban J connectivity index is 2.12. The largest absolute Gasteiger partial charge is 0.393 e. The van der Waals surface area contributed by atoms with Crippen LogP contribution in [0.25, 0.3) is 10.9 Å². The fourth-order valence-electron chi connectivity index (χ4n) is 2.51. The summed E-state index contributed by atoms with van der Waals surface area (Å²) in [6, 6.07) is 8.19. The van der Waals surface area contributed by atoms with E-state index in [-0.39, 0.29) is 11.5 Å². The van der Waals surface area contributed by atoms with E-state index in [9.17, 15) is 5.11 Å². The molecule has 0 fully saturated rings. The van der Waals surface area contributed by atoms with Gasteiger partial charge in [0.25, 0.3) is 0 Å². The van der Waals surface area contributed by atoms with Gasteiger partial charge >= 0.3 is 0 Å². The van der Waals surface area contributed by atoms with Gasteiger partial charge in [0, 0.05) is 18.9 Å². The van der Waals surface area contributed by atoms with Gasteiger partial charge in [0.15, 0.2) is 0 Å². The normalized spacial score (nSPS) is 15.5. The molecule has 0 aliphatic carbocycles. The van der Waals surface area contributed by atoms with E-state index in [2.05, 4.69) is 44.9 Å². The van der Waals surface area contributed by atoms with Gasteiger partial charge in [0.2, 0.25) is 0 Å². The highest BCUT2D eigenvalue weighted by Crippen LogP contribution is 2.30. The van der Waals surface area contributed by atoms with Crippen LogP contribution < -0.4 is 0 Å². The first kappa shape index (κ1) is 15.0. The summed E-state index contributed by atoms with van der Waals surface area (Å²) in [5, 5.41) is 16.1. The number of hydrogen-bond acceptors (Lipinski definition) is 2. The zero-order valence-corrected chi connectivity index (χ0v) is 13.2. The molecule has 0 spiro atoms. The molecule has 0 saturated heterocycles. The van der Waals surface area contributed by atoms with Gasteiger partial charge in [-0.2, -0.15) is 5.10 Å². The van der Waals surface area contributed by atoms with Crippen LogP contribution in [0.5, 0.6) is 0 Å². The summed E-state index contributed by atoms with van der Waals surface area (Å²) < 4.78 is 1.89. The lowest BCUT2D eigenvalue weighted by Crippen LogP contribution is -2.24. The SMILES string of the molecule is CC(CC(O)Cc1nn(C)c2ccccc12)C(C)(C)C. The third-order valence-corrected chi connectivity index (χ3v) is 4.37. The fraction of sp³-hybridized carbons (Fsp3) is 0.588. The van der Waals surface area contributed by atoms with Gasteiger partial charge in [-0.3, -0.25) is 4.68 Å². The highest BCUT2D eigenvalue weighted by Gasteiger charge is 2.23. The molecular weight excluding hydrogens is 248 g/mol. The van der Waals surface area contributed by atoms with Crippen LogP contribution in [0, 0.1) is 11.3 Å². The maximum absolute atomic E-state index is 10.4. The maximum Gasteiger partial charge on any atom is 0.0728 e. The van der Waals surface area contributed by atoms with E-state index in [1.807, 2.05) is 23.9 Å². The minimum Gasteiger partial charge on any atom is -0.393 e. The number of benzene rings is 1. The zero-order valence-electron chi connectivity index (χ0n) is 13.2. The lowest BCUT2D eigenvalue weighted by molar-refractivity contribution is 0.109. The van der Waals surface area contributed by atoms with E-state index in [0.29, 0.717) is 12.3 Å². The Morgan fingerprint density at radius 2 is 1.90 bits per heavy atom. The topological polar surface area (TPSA) is 38.1 Å². The van der Waals surface area contributed by atoms with Gasteiger partial charge in [0.05, 0.1) is 17.3 Å². The number of aromatic nitrogens is 2. The van der Waals surface area contributed by atoms with E-state index < -0.39 is 0 Å². The van der Waals surface area contributed by atoms with E-state index in [4.69, 9.17) is 0 Å². The van der Waals surface area contributed by atoms with Gasteiger partial charge in [-0.15, -0.1) is 0 Å². The number of hydrogen-bond donors (Lipinski definition) is 1. The molecule has 0 aliphatic heterocycles. The zero-order chi connectivity index (χ0) is 14.9. The summed E-state index contributed by atoms with van der Waals surface area (Å²) >= 11 is 0. The Hall–Kier alpha value is -1.35. The molecule has 0 aliphatic rings. The quantitative estimate of drug-likeness (QED) is 0.926. The van der Waals surface area contributed by atoms with Crippen molar-refractivity contribution in [2.45, 2.75) is 46.6 Å². The van der Waals surface area contributed by atoms with Crippen LogP contribution in [0.3, 0.4) is 0 Å². The minimum atomic E-state index is -0.331. The van der Waals surface area contributed by atoms with Crippen molar-refractivity contribution in [2.75, 3.05) is 0 Å². The van der Waals surface area contributed by atoms with Crippen molar-refractivity contribution in [3.63, 3.8) is 0 Å². The Labute approximate surface area is 121 Å². The van der Waals surface area contributed by atoms with Crippen LogP contribution in [0.4, 0.5) is 0 Å². The fourth-order valence-corrected chi connectivity index (χ4v) is 2.51. The molecule has 2 atom stereocenters. The van der Waals surface area contributed by atoms with Gasteiger partial charge in [-0.1, -0.05) is 45.9 Å². The van der Waals surface area contributed by atoms with Gasteiger partial charge < -0.3 is 5.11 Å². The van der Waals surface area contributed by atoms with Crippen molar-refractivity contribution < 1.29 is 5.11 Å². The number of fused-ring (bicyclic) bond motifs is 1. The Morgan fingerprint density at radius 3 is 2.55 bits per heavy atom. The molecular formula is C17H26N2O. The summed E-state index contributed by atoms with van der Waals surface area (Å²) in [5.41, 5.74) is 2.35. The number of rotatable bonds is 4. The summed E-state index contributed by atoms with van der Waals surface area (Å²) in [6.45, 7) is 8.88. The average Bonchev–Trinajstić information content (AvgIpc) is 2.66. The first-order chi connectivity index (χ1) is 9.29. The third-order valence-electron chi connectivity index (χ3n) is 4.37. The summed E-state index contributed by atoms with van der Waals surface area (Å²) in [7, 11) is 1.95. The lowest BCUT2D eigenvalue weighted by Gasteiger charge is -2.28. The molecule has 2 rings (SSSR count). The number of nitrogens with zero attached hydrogens (tertiary/aromatic N) is 2. The van der Waals surface area contributed by atoms with Crippen LogP contribution in [0.15, 0.2) is 24.3 Å². The summed E-state index contributed by atoms with van der Waals surface area (Å²) in [6.07, 6.45) is 1.11. The van der Waals surface area contributed by atoms with Crippen molar-refractivity contribution in [1.29, 1.82) is 0 Å². The predicted octanol–water partition coefficient (Wildman–Crippen LogP) is 3.55. The van der Waals surface area contributed by atoms with Crippen LogP contribution >= 0.6 is 0 Å². The number of aliphatic hydroxyl groups excluding tert-OH is 1. The molecule has 3 heteroatoms. The molecule has 0 saturated carbocycles. The number of aliphatic hydroxyl groups is 1. The number of aryl methyl sites for hydroxylation is 1. The predicted molar refractivity (Wildman–Crippen MR) is 83.7 cm³/mol. The van der Waals surface area contributed by atoms with E-state index in [0.717, 1.165) is 23.0 Å². The average molecular weight is 274 g/mol. The molecule has 3 nitrogen and oxygen atoms in total. The maximum atomic E-state index is 10.4. The Bertz CT molecular complexity index is 580. The van der Waals surface area contributed by atoms with Crippen molar-refractivity contribution in [3.8, 4) is 0 Å². The standard InChI is InChI=1S/C17H26N2O/c1-12(17(2,3)4)10-13(20)11-15-14-8-6-7-9-16(14)19(5)18-15/h6-9,12-13,20H,10-11H2,1-5H3. The van der Waals surface area contributed by atoms with Crippen molar-refractivity contribution in [2.24, 2.45) is 18.4 Å². The van der Waals surface area contributed by atoms with Gasteiger partial charge in [0.1, 0.15) is 0 Å². The second-order valence-electron chi connectivity index (χ2n) is 6.95. The summed E-state index contributed by atoms with van der Waals surface area (Å²) in [4.78, 5) is 0. The molecule has 0 amide bonds. The molecule has 20 heavy (non-hydrogen) atoms. The molecule has 1 heterocycles. The van der Waals surface area contributed by atoms with Crippen LogP contribution in [0.1, 0.15) is 39.8 Å². The van der Waals surface area contributed by atoms with Crippen molar-refractivity contribution in [1.82, 2.24) is 9.78 Å². The molecule has 0 radical (unpaired) electrons. The smallest absolute Gasteiger partial charge is 0.0728 e. The van der Waals surface area contributed by atoms with Crippen molar-refractivity contribution >= 4 is 10.9 Å². The van der Waals surface area contributed by atoms with Crippen LogP contribution in [-0.4, -0.2) is 21.0 Å². The Morgan fingerprint density at radius 1 is 1.25 bits per heavy atom. The molecule has 1 N–H and O–H groups in total. The summed E-state index contributed by atoms with van der Waals surface area (Å²) in [5.74, 6) is 0.479. The van der Waals surface area contributed by atoms with Crippen molar-refractivity contribution in [3.05, 3.63) is 30.0 Å². The molecule has 110 valence electrons. The molecule has 2 unspecified atom stereocenters. The molecule has 1 aromatic heterocycles. The first-order valence-electron chi connectivity index (χ1n) is 7.37. The molecule has 2 aromatic rings. The second kappa shape index (κ2) is 5.57. The molecule has 0 bridgehead atoms. The first-order valence-corrected chi connectivity index (χ1v) is 7.37. The molecule has 1 aromatic carbocycles. The van der Waals surface area contributed by atoms with Crippen LogP contribution in [-0.2, 0) is 13.5 Å². The lowest BCUT2D eigenvalue weighted by atomic mass is 9.78. The third kappa shape index (κ3) is 3.21. The van der Waals surface area contributed by atoms with Gasteiger partial charge in [-0.05, 0) is 23.8 Å². The van der Waals surface area contributed by atoms with E-state index >= 15 is 0 Å². The number of para-hydroxylation sites is 1. The van der Waals surface area contributed by atoms with Crippen LogP contribution in [0.2, 0.25) is 0 Å². The highest BCUT2D eigenvalue weighted by molar-refractivity contribution is 5.81. The monoisotopic (exact) mass is 274 g/mol. The Kier molecular flexibility index (Phi) is 4.19.